The highest BCUT2D eigenvalue weighted by Crippen LogP contribution is 2.22. The fraction of sp³-hybridized carbons (Fsp3) is 0.667. The highest BCUT2D eigenvalue weighted by atomic mass is 16.5. The molecule has 1 atom stereocenters. The summed E-state index contributed by atoms with van der Waals surface area (Å²) >= 11 is 0. The molecule has 3 nitrogen and oxygen atoms in total. The molecule has 1 saturated heterocycles. The minimum absolute atomic E-state index is 0.318. The van der Waals surface area contributed by atoms with Crippen LogP contribution in [0.1, 0.15) is 32.8 Å². The summed E-state index contributed by atoms with van der Waals surface area (Å²) in [7, 11) is 1.73. The van der Waals surface area contributed by atoms with E-state index < -0.39 is 0 Å². The van der Waals surface area contributed by atoms with Gasteiger partial charge in [-0.15, -0.1) is 0 Å². The molecule has 1 aromatic carbocycles. The molecule has 1 heterocycles. The summed E-state index contributed by atoms with van der Waals surface area (Å²) in [6.45, 7) is 11.6. The van der Waals surface area contributed by atoms with Crippen molar-refractivity contribution in [3.05, 3.63) is 29.8 Å². The van der Waals surface area contributed by atoms with E-state index in [1.165, 1.54) is 18.5 Å². The van der Waals surface area contributed by atoms with Gasteiger partial charge in [-0.1, -0.05) is 32.9 Å². The first kappa shape index (κ1) is 16.3. The first-order valence-electron chi connectivity index (χ1n) is 8.08. The number of nitrogens with one attached hydrogen (secondary N) is 1. The van der Waals surface area contributed by atoms with Crippen LogP contribution in [-0.4, -0.2) is 44.2 Å². The maximum atomic E-state index is 5.30. The third-order valence-corrected chi connectivity index (χ3v) is 4.38. The molecular formula is C18H30N2O. The van der Waals surface area contributed by atoms with Crippen molar-refractivity contribution in [2.45, 2.75) is 39.7 Å². The first-order valence-corrected chi connectivity index (χ1v) is 8.08. The lowest BCUT2D eigenvalue weighted by atomic mass is 9.86. The van der Waals surface area contributed by atoms with Crippen molar-refractivity contribution in [3.63, 3.8) is 0 Å². The number of rotatable bonds is 4. The molecule has 1 aliphatic heterocycles. The highest BCUT2D eigenvalue weighted by molar-refractivity contribution is 5.28. The molecule has 1 aromatic rings. The monoisotopic (exact) mass is 290 g/mol. The molecule has 0 bridgehead atoms. The van der Waals surface area contributed by atoms with Crippen molar-refractivity contribution in [1.82, 2.24) is 10.2 Å². The number of benzene rings is 1. The van der Waals surface area contributed by atoms with E-state index in [1.807, 2.05) is 6.07 Å². The minimum atomic E-state index is 0.318. The van der Waals surface area contributed by atoms with E-state index in [1.54, 1.807) is 7.11 Å². The second-order valence-electron chi connectivity index (χ2n) is 7.13. The van der Waals surface area contributed by atoms with Crippen LogP contribution in [0.25, 0.3) is 0 Å². The maximum absolute atomic E-state index is 5.30. The Bertz CT molecular complexity index is 439. The summed E-state index contributed by atoms with van der Waals surface area (Å²) in [5.41, 5.74) is 1.68. The summed E-state index contributed by atoms with van der Waals surface area (Å²) in [5.74, 6) is 0.956. The number of ether oxygens (including phenoxy) is 1. The van der Waals surface area contributed by atoms with E-state index >= 15 is 0 Å². The lowest BCUT2D eigenvalue weighted by Gasteiger charge is -2.33. The average molecular weight is 290 g/mol. The van der Waals surface area contributed by atoms with Gasteiger partial charge in [-0.3, -0.25) is 0 Å². The van der Waals surface area contributed by atoms with E-state index in [0.29, 0.717) is 11.5 Å². The summed E-state index contributed by atoms with van der Waals surface area (Å²) in [5, 5.41) is 3.71. The number of methoxy groups -OCH3 is 1. The molecule has 0 spiro atoms. The molecule has 3 heteroatoms. The van der Waals surface area contributed by atoms with Gasteiger partial charge in [0.2, 0.25) is 0 Å². The highest BCUT2D eigenvalue weighted by Gasteiger charge is 2.27. The Kier molecular flexibility index (Phi) is 5.65. The molecule has 0 aromatic heterocycles. The van der Waals surface area contributed by atoms with Crippen molar-refractivity contribution in [1.29, 1.82) is 0 Å². The smallest absolute Gasteiger partial charge is 0.119 e. The average Bonchev–Trinajstić information content (AvgIpc) is 2.70. The van der Waals surface area contributed by atoms with Crippen molar-refractivity contribution in [2.24, 2.45) is 5.41 Å². The Morgan fingerprint density at radius 1 is 1.33 bits per heavy atom. The minimum Gasteiger partial charge on any atom is -0.497 e. The van der Waals surface area contributed by atoms with Crippen LogP contribution in [0.5, 0.6) is 5.75 Å². The van der Waals surface area contributed by atoms with Crippen LogP contribution in [0.2, 0.25) is 0 Å². The van der Waals surface area contributed by atoms with Crippen molar-refractivity contribution < 1.29 is 4.74 Å². The SMILES string of the molecule is COc1cccc(CCN2CCCNC(C(C)(C)C)C2)c1. The van der Waals surface area contributed by atoms with Gasteiger partial charge in [0, 0.05) is 19.1 Å². The molecule has 2 rings (SSSR count). The third-order valence-electron chi connectivity index (χ3n) is 4.38. The third kappa shape index (κ3) is 5.01. The largest absolute Gasteiger partial charge is 0.497 e. The lowest BCUT2D eigenvalue weighted by Crippen LogP contribution is -2.46. The molecule has 0 radical (unpaired) electrons. The topological polar surface area (TPSA) is 24.5 Å². The van der Waals surface area contributed by atoms with Crippen LogP contribution in [0, 0.1) is 5.41 Å². The van der Waals surface area contributed by atoms with E-state index in [4.69, 9.17) is 4.74 Å². The molecule has 0 aliphatic carbocycles. The van der Waals surface area contributed by atoms with Gasteiger partial charge < -0.3 is 15.0 Å². The number of hydrogen-bond acceptors (Lipinski definition) is 3. The van der Waals surface area contributed by atoms with Crippen LogP contribution in [0.4, 0.5) is 0 Å². The van der Waals surface area contributed by atoms with E-state index in [9.17, 15) is 0 Å². The molecule has 1 fully saturated rings. The second-order valence-corrected chi connectivity index (χ2v) is 7.13. The Morgan fingerprint density at radius 2 is 2.14 bits per heavy atom. The maximum Gasteiger partial charge on any atom is 0.119 e. The quantitative estimate of drug-likeness (QED) is 0.922. The van der Waals surface area contributed by atoms with Crippen molar-refractivity contribution in [3.8, 4) is 5.75 Å². The second kappa shape index (κ2) is 7.28. The van der Waals surface area contributed by atoms with Gasteiger partial charge >= 0.3 is 0 Å². The van der Waals surface area contributed by atoms with Gasteiger partial charge in [-0.25, -0.2) is 0 Å². The zero-order valence-electron chi connectivity index (χ0n) is 14.0. The lowest BCUT2D eigenvalue weighted by molar-refractivity contribution is 0.198. The van der Waals surface area contributed by atoms with Crippen LogP contribution in [0.3, 0.4) is 0 Å². The predicted octanol–water partition coefficient (Wildman–Crippen LogP) is 2.95. The van der Waals surface area contributed by atoms with Crippen LogP contribution >= 0.6 is 0 Å². The molecule has 1 unspecified atom stereocenters. The Labute approximate surface area is 129 Å². The predicted molar refractivity (Wildman–Crippen MR) is 89.0 cm³/mol. The van der Waals surface area contributed by atoms with Gasteiger partial charge in [-0.2, -0.15) is 0 Å². The Hall–Kier alpha value is -1.06. The Morgan fingerprint density at radius 3 is 2.86 bits per heavy atom. The van der Waals surface area contributed by atoms with Crippen LogP contribution in [-0.2, 0) is 6.42 Å². The van der Waals surface area contributed by atoms with E-state index in [2.05, 4.69) is 49.2 Å². The normalized spacial score (nSPS) is 21.0. The number of nitrogens with zero attached hydrogens (tertiary/aromatic N) is 1. The molecule has 118 valence electrons. The molecule has 1 N–H and O–H groups in total. The summed E-state index contributed by atoms with van der Waals surface area (Å²) in [6, 6.07) is 9.01. The van der Waals surface area contributed by atoms with E-state index in [-0.39, 0.29) is 0 Å². The fourth-order valence-electron chi connectivity index (χ4n) is 2.89. The van der Waals surface area contributed by atoms with Gasteiger partial charge in [0.25, 0.3) is 0 Å². The summed E-state index contributed by atoms with van der Waals surface area (Å²) < 4.78 is 5.30. The van der Waals surface area contributed by atoms with Gasteiger partial charge in [-0.05, 0) is 49.0 Å². The molecule has 0 amide bonds. The zero-order chi connectivity index (χ0) is 15.3. The van der Waals surface area contributed by atoms with Crippen LogP contribution in [0.15, 0.2) is 24.3 Å². The van der Waals surface area contributed by atoms with Gasteiger partial charge in [0.15, 0.2) is 0 Å². The Balaban J connectivity index is 1.91. The van der Waals surface area contributed by atoms with Gasteiger partial charge in [0.05, 0.1) is 7.11 Å². The van der Waals surface area contributed by atoms with Crippen molar-refractivity contribution in [2.75, 3.05) is 33.3 Å². The molecular weight excluding hydrogens is 260 g/mol. The zero-order valence-corrected chi connectivity index (χ0v) is 14.0. The number of hydrogen-bond donors (Lipinski definition) is 1. The summed E-state index contributed by atoms with van der Waals surface area (Å²) in [4.78, 5) is 2.61. The standard InChI is InChI=1S/C18H30N2O/c1-18(2,3)17-14-20(11-6-10-19-17)12-9-15-7-5-8-16(13-15)21-4/h5,7-8,13,17,19H,6,9-12,14H2,1-4H3. The van der Waals surface area contributed by atoms with Crippen molar-refractivity contribution >= 4 is 0 Å². The first-order chi connectivity index (χ1) is 9.99. The van der Waals surface area contributed by atoms with Gasteiger partial charge in [0.1, 0.15) is 5.75 Å². The molecule has 0 saturated carbocycles. The summed E-state index contributed by atoms with van der Waals surface area (Å²) in [6.07, 6.45) is 2.33. The van der Waals surface area contributed by atoms with E-state index in [0.717, 1.165) is 31.8 Å². The van der Waals surface area contributed by atoms with Crippen LogP contribution < -0.4 is 10.1 Å². The molecule has 1 aliphatic rings. The molecule has 21 heavy (non-hydrogen) atoms. The fourth-order valence-corrected chi connectivity index (χ4v) is 2.89.